The number of nitro benzene ring substituents is 1. The summed E-state index contributed by atoms with van der Waals surface area (Å²) < 4.78 is 42.2. The second kappa shape index (κ2) is 8.21. The van der Waals surface area contributed by atoms with Gasteiger partial charge in [-0.1, -0.05) is 0 Å². The molecule has 7 nitrogen and oxygen atoms in total. The zero-order valence-electron chi connectivity index (χ0n) is 15.6. The first-order chi connectivity index (χ1) is 12.9. The number of nitrogens with zero attached hydrogens (tertiary/aromatic N) is 3. The molecule has 0 aliphatic rings. The Labute approximate surface area is 163 Å². The van der Waals surface area contributed by atoms with E-state index in [0.29, 0.717) is 10.6 Å². The van der Waals surface area contributed by atoms with E-state index in [0.717, 1.165) is 11.8 Å². The molecule has 1 heterocycles. The van der Waals surface area contributed by atoms with E-state index in [-0.39, 0.29) is 16.9 Å². The van der Waals surface area contributed by atoms with E-state index in [1.165, 1.54) is 56.8 Å². The molecule has 0 spiro atoms. The van der Waals surface area contributed by atoms with Gasteiger partial charge in [0.15, 0.2) is 6.04 Å². The van der Waals surface area contributed by atoms with E-state index in [1.54, 1.807) is 0 Å². The van der Waals surface area contributed by atoms with Crippen molar-refractivity contribution < 1.29 is 22.9 Å². The van der Waals surface area contributed by atoms with E-state index in [9.17, 15) is 28.1 Å². The Bertz CT molecular complexity index is 881. The molecule has 0 radical (unpaired) electrons. The number of nitrogens with one attached hydrogen (secondary N) is 1. The first-order valence-corrected chi connectivity index (χ1v) is 9.08. The fraction of sp³-hybridized carbons (Fsp3) is 0.412. The smallest absolute Gasteiger partial charge is 0.340 e. The van der Waals surface area contributed by atoms with Gasteiger partial charge >= 0.3 is 6.18 Å². The number of hydrogen-bond acceptors (Lipinski definition) is 5. The van der Waals surface area contributed by atoms with Crippen molar-refractivity contribution in [3.05, 3.63) is 51.3 Å². The Morgan fingerprint density at radius 2 is 1.86 bits per heavy atom. The molecule has 2 rings (SSSR count). The summed E-state index contributed by atoms with van der Waals surface area (Å²) in [6, 6.07) is 3.27. The Kier molecular flexibility index (Phi) is 6.37. The van der Waals surface area contributed by atoms with Gasteiger partial charge in [-0.05, 0) is 32.9 Å². The molecule has 2 unspecified atom stereocenters. The third kappa shape index (κ3) is 4.83. The van der Waals surface area contributed by atoms with Gasteiger partial charge in [0.05, 0.1) is 15.9 Å². The molecule has 1 amide bonds. The molecule has 0 fully saturated rings. The number of alkyl halides is 3. The van der Waals surface area contributed by atoms with Crippen molar-refractivity contribution in [2.45, 2.75) is 43.1 Å². The summed E-state index contributed by atoms with van der Waals surface area (Å²) in [7, 11) is 1.54. The average molecular weight is 416 g/mol. The molecule has 1 aromatic heterocycles. The monoisotopic (exact) mass is 416 g/mol. The van der Waals surface area contributed by atoms with Gasteiger partial charge in [0.1, 0.15) is 0 Å². The van der Waals surface area contributed by atoms with Crippen LogP contribution in [0.5, 0.6) is 0 Å². The Balaban J connectivity index is 2.18. The van der Waals surface area contributed by atoms with Crippen molar-refractivity contribution >= 4 is 23.4 Å². The predicted molar refractivity (Wildman–Crippen MR) is 98.0 cm³/mol. The minimum absolute atomic E-state index is 0.0733. The number of carbonyl (C=O) groups is 1. The first kappa shape index (κ1) is 21.7. The lowest BCUT2D eigenvalue weighted by Crippen LogP contribution is -2.42. The quantitative estimate of drug-likeness (QED) is 0.439. The summed E-state index contributed by atoms with van der Waals surface area (Å²) in [5, 5.41) is 15.9. The predicted octanol–water partition coefficient (Wildman–Crippen LogP) is 3.85. The molecule has 1 aromatic carbocycles. The number of benzene rings is 1. The number of aromatic nitrogens is 2. The zero-order valence-corrected chi connectivity index (χ0v) is 16.4. The Morgan fingerprint density at radius 3 is 2.29 bits per heavy atom. The average Bonchev–Trinajstić information content (AvgIpc) is 2.84. The van der Waals surface area contributed by atoms with Crippen LogP contribution in [0.1, 0.15) is 29.9 Å². The normalized spacial score (nSPS) is 13.8. The fourth-order valence-corrected chi connectivity index (χ4v) is 3.57. The van der Waals surface area contributed by atoms with Crippen molar-refractivity contribution in [3.8, 4) is 0 Å². The maximum Gasteiger partial charge on any atom is 0.413 e. The third-order valence-corrected chi connectivity index (χ3v) is 5.31. The lowest BCUT2D eigenvalue weighted by Gasteiger charge is -2.24. The number of carbonyl (C=O) groups excluding carboxylic acids is 1. The van der Waals surface area contributed by atoms with Crippen molar-refractivity contribution in [1.29, 1.82) is 0 Å². The van der Waals surface area contributed by atoms with Crippen LogP contribution < -0.4 is 5.32 Å². The number of rotatable bonds is 6. The standard InChI is InChI=1S/C17H19F3N4O3S/c1-9-14(10(2)23(4)22-9)15(17(18,19)20)21-16(25)11(3)28-13-7-5-12(6-8-13)24(26)27/h5-8,11,15H,1-4H3,(H,21,25). The van der Waals surface area contributed by atoms with Crippen molar-refractivity contribution in [2.75, 3.05) is 0 Å². The van der Waals surface area contributed by atoms with Gasteiger partial charge in [0.25, 0.3) is 5.69 Å². The Morgan fingerprint density at radius 1 is 1.29 bits per heavy atom. The van der Waals surface area contributed by atoms with Crippen LogP contribution >= 0.6 is 11.8 Å². The van der Waals surface area contributed by atoms with Crippen LogP contribution in [0.3, 0.4) is 0 Å². The summed E-state index contributed by atoms with van der Waals surface area (Å²) in [4.78, 5) is 23.1. The highest BCUT2D eigenvalue weighted by atomic mass is 32.2. The van der Waals surface area contributed by atoms with Gasteiger partial charge in [0, 0.05) is 35.3 Å². The number of aryl methyl sites for hydroxylation is 2. The fourth-order valence-electron chi connectivity index (χ4n) is 2.69. The number of non-ortho nitro benzene ring substituents is 1. The van der Waals surface area contributed by atoms with Crippen LogP contribution in [0, 0.1) is 24.0 Å². The lowest BCUT2D eigenvalue weighted by atomic mass is 10.0. The molecule has 152 valence electrons. The molecule has 0 saturated carbocycles. The summed E-state index contributed by atoms with van der Waals surface area (Å²) in [5.41, 5.74) is 0.325. The topological polar surface area (TPSA) is 90.1 Å². The molecule has 0 aliphatic carbocycles. The number of nitro groups is 1. The number of amides is 1. The Hall–Kier alpha value is -2.56. The second-order valence-corrected chi connectivity index (χ2v) is 7.62. The first-order valence-electron chi connectivity index (χ1n) is 8.20. The molecule has 28 heavy (non-hydrogen) atoms. The van der Waals surface area contributed by atoms with E-state index in [4.69, 9.17) is 0 Å². The maximum absolute atomic E-state index is 13.6. The molecule has 1 N–H and O–H groups in total. The summed E-state index contributed by atoms with van der Waals surface area (Å²) in [5.74, 6) is -0.798. The van der Waals surface area contributed by atoms with Crippen molar-refractivity contribution in [2.24, 2.45) is 7.05 Å². The van der Waals surface area contributed by atoms with Crippen LogP contribution in [-0.4, -0.2) is 32.0 Å². The third-order valence-electron chi connectivity index (χ3n) is 4.20. The van der Waals surface area contributed by atoms with Crippen LogP contribution in [0.25, 0.3) is 0 Å². The highest BCUT2D eigenvalue weighted by molar-refractivity contribution is 8.00. The maximum atomic E-state index is 13.6. The SMILES string of the molecule is Cc1nn(C)c(C)c1C(NC(=O)C(C)Sc1ccc([N+](=O)[O-])cc1)C(F)(F)F. The number of thioether (sulfide) groups is 1. The molecule has 0 aliphatic heterocycles. The van der Waals surface area contributed by atoms with E-state index in [1.807, 2.05) is 0 Å². The van der Waals surface area contributed by atoms with Crippen LogP contribution in [0.15, 0.2) is 29.2 Å². The molecule has 0 saturated heterocycles. The second-order valence-electron chi connectivity index (χ2n) is 6.20. The minimum Gasteiger partial charge on any atom is -0.340 e. The van der Waals surface area contributed by atoms with E-state index < -0.39 is 28.3 Å². The van der Waals surface area contributed by atoms with E-state index in [2.05, 4.69) is 10.4 Å². The van der Waals surface area contributed by atoms with Gasteiger partial charge < -0.3 is 5.32 Å². The van der Waals surface area contributed by atoms with Crippen molar-refractivity contribution in [3.63, 3.8) is 0 Å². The van der Waals surface area contributed by atoms with Gasteiger partial charge in [-0.3, -0.25) is 19.6 Å². The highest BCUT2D eigenvalue weighted by Gasteiger charge is 2.45. The lowest BCUT2D eigenvalue weighted by molar-refractivity contribution is -0.384. The molecule has 0 bridgehead atoms. The largest absolute Gasteiger partial charge is 0.413 e. The molecular weight excluding hydrogens is 397 g/mol. The summed E-state index contributed by atoms with van der Waals surface area (Å²) in [6.45, 7) is 4.44. The minimum atomic E-state index is -4.69. The van der Waals surface area contributed by atoms with E-state index >= 15 is 0 Å². The van der Waals surface area contributed by atoms with Gasteiger partial charge in [-0.15, -0.1) is 11.8 Å². The molecule has 2 atom stereocenters. The number of hydrogen-bond donors (Lipinski definition) is 1. The summed E-state index contributed by atoms with van der Waals surface area (Å²) >= 11 is 1.01. The molecule has 11 heteroatoms. The van der Waals surface area contributed by atoms with Gasteiger partial charge in [-0.2, -0.15) is 18.3 Å². The zero-order chi connectivity index (χ0) is 21.2. The van der Waals surface area contributed by atoms with Gasteiger partial charge in [-0.25, -0.2) is 0 Å². The van der Waals surface area contributed by atoms with Crippen molar-refractivity contribution in [1.82, 2.24) is 15.1 Å². The molecule has 2 aromatic rings. The summed E-state index contributed by atoms with van der Waals surface area (Å²) in [6.07, 6.45) is -4.69. The number of halogens is 3. The van der Waals surface area contributed by atoms with Crippen LogP contribution in [0.4, 0.5) is 18.9 Å². The van der Waals surface area contributed by atoms with Crippen LogP contribution in [0.2, 0.25) is 0 Å². The molecular formula is C17H19F3N4O3S. The van der Waals surface area contributed by atoms with Gasteiger partial charge in [0.2, 0.25) is 5.91 Å². The highest BCUT2D eigenvalue weighted by Crippen LogP contribution is 2.36. The van der Waals surface area contributed by atoms with Crippen LogP contribution in [-0.2, 0) is 11.8 Å².